The average molecular weight is 467 g/mol. The van der Waals surface area contributed by atoms with Gasteiger partial charge in [0.25, 0.3) is 0 Å². The van der Waals surface area contributed by atoms with Crippen LogP contribution in [0.2, 0.25) is 0 Å². The van der Waals surface area contributed by atoms with E-state index < -0.39 is 0 Å². The van der Waals surface area contributed by atoms with Gasteiger partial charge in [0.05, 0.1) is 5.69 Å². The molecule has 0 bridgehead atoms. The minimum absolute atomic E-state index is 0.222. The van der Waals surface area contributed by atoms with Crippen LogP contribution < -0.4 is 5.32 Å². The normalized spacial score (nSPS) is 25.0. The lowest BCUT2D eigenvalue weighted by Crippen LogP contribution is -2.53. The van der Waals surface area contributed by atoms with Crippen LogP contribution >= 0.6 is 11.8 Å². The van der Waals surface area contributed by atoms with Crippen LogP contribution in [0, 0.1) is 5.82 Å². The molecule has 0 saturated carbocycles. The van der Waals surface area contributed by atoms with Gasteiger partial charge in [-0.15, -0.1) is 11.8 Å². The number of fused-ring (bicyclic) bond motifs is 1. The number of nitrogens with one attached hydrogen (secondary N) is 1. The molecule has 2 aliphatic rings. The summed E-state index contributed by atoms with van der Waals surface area (Å²) in [5, 5.41) is 3.73. The van der Waals surface area contributed by atoms with E-state index in [4.69, 9.17) is 0 Å². The zero-order valence-corrected chi connectivity index (χ0v) is 20.7. The molecule has 6 heteroatoms. The molecule has 0 spiro atoms. The third-order valence-corrected chi connectivity index (χ3v) is 8.37. The van der Waals surface area contributed by atoms with Gasteiger partial charge in [-0.05, 0) is 88.1 Å². The maximum Gasteiger partial charge on any atom is 0.173 e. The fourth-order valence-electron chi connectivity index (χ4n) is 5.75. The number of likely N-dealkylation sites (tertiary alicyclic amines) is 1. The van der Waals surface area contributed by atoms with Crippen molar-refractivity contribution in [1.82, 2.24) is 19.6 Å². The van der Waals surface area contributed by atoms with Crippen LogP contribution in [-0.2, 0) is 0 Å². The molecule has 1 aromatic carbocycles. The number of thioether (sulfide) groups is 1. The van der Waals surface area contributed by atoms with Crippen LogP contribution in [0.1, 0.15) is 57.4 Å². The first kappa shape index (κ1) is 22.9. The maximum absolute atomic E-state index is 15.0. The van der Waals surface area contributed by atoms with Crippen molar-refractivity contribution >= 4 is 17.4 Å². The van der Waals surface area contributed by atoms with E-state index in [0.29, 0.717) is 29.7 Å². The molecule has 4 nitrogen and oxygen atoms in total. The number of rotatable bonds is 5. The summed E-state index contributed by atoms with van der Waals surface area (Å²) in [6.45, 7) is 6.81. The van der Waals surface area contributed by atoms with Gasteiger partial charge in [-0.25, -0.2) is 9.37 Å². The minimum Gasteiger partial charge on any atom is -0.311 e. The summed E-state index contributed by atoms with van der Waals surface area (Å²) >= 11 is 1.72. The summed E-state index contributed by atoms with van der Waals surface area (Å²) in [4.78, 5) is 8.49. The first-order valence-electron chi connectivity index (χ1n) is 12.4. The number of aromatic nitrogens is 2. The van der Waals surface area contributed by atoms with E-state index in [2.05, 4.69) is 65.8 Å². The Balaban J connectivity index is 1.30. The first-order valence-corrected chi connectivity index (χ1v) is 13.6. The van der Waals surface area contributed by atoms with E-state index in [1.165, 1.54) is 24.2 Å². The molecule has 0 radical (unpaired) electrons. The van der Waals surface area contributed by atoms with E-state index >= 15 is 4.39 Å². The van der Waals surface area contributed by atoms with E-state index in [1.807, 2.05) is 10.6 Å². The summed E-state index contributed by atoms with van der Waals surface area (Å²) < 4.78 is 16.9. The lowest BCUT2D eigenvalue weighted by Gasteiger charge is -2.43. The van der Waals surface area contributed by atoms with Crippen molar-refractivity contribution < 1.29 is 4.39 Å². The second-order valence-corrected chi connectivity index (χ2v) is 10.7. The van der Waals surface area contributed by atoms with Crippen molar-refractivity contribution in [3.63, 3.8) is 0 Å². The third kappa shape index (κ3) is 4.84. The van der Waals surface area contributed by atoms with E-state index in [9.17, 15) is 0 Å². The lowest BCUT2D eigenvalue weighted by atomic mass is 9.86. The van der Waals surface area contributed by atoms with Crippen LogP contribution in [0.3, 0.4) is 0 Å². The Labute approximate surface area is 201 Å². The molecule has 3 aromatic rings. The van der Waals surface area contributed by atoms with Gasteiger partial charge in [-0.3, -0.25) is 0 Å². The van der Waals surface area contributed by atoms with Crippen LogP contribution in [-0.4, -0.2) is 51.8 Å². The van der Waals surface area contributed by atoms with Gasteiger partial charge >= 0.3 is 0 Å². The molecule has 33 heavy (non-hydrogen) atoms. The summed E-state index contributed by atoms with van der Waals surface area (Å²) in [6.07, 6.45) is 12.0. The smallest absolute Gasteiger partial charge is 0.173 e. The molecule has 5 rings (SSSR count). The molecule has 2 aliphatic heterocycles. The number of pyridine rings is 1. The predicted molar refractivity (Wildman–Crippen MR) is 136 cm³/mol. The first-order chi connectivity index (χ1) is 16.0. The Morgan fingerprint density at radius 3 is 2.58 bits per heavy atom. The van der Waals surface area contributed by atoms with Crippen molar-refractivity contribution in [1.29, 1.82) is 0 Å². The number of halogens is 1. The zero-order valence-electron chi connectivity index (χ0n) is 19.9. The largest absolute Gasteiger partial charge is 0.311 e. The molecular weight excluding hydrogens is 431 g/mol. The highest BCUT2D eigenvalue weighted by molar-refractivity contribution is 7.98. The summed E-state index contributed by atoms with van der Waals surface area (Å²) in [5.41, 5.74) is 3.35. The van der Waals surface area contributed by atoms with Gasteiger partial charge in [0.2, 0.25) is 0 Å². The number of hydrogen-bond donors (Lipinski definition) is 1. The van der Waals surface area contributed by atoms with Crippen molar-refractivity contribution in [3.8, 4) is 11.3 Å². The third-order valence-electron chi connectivity index (χ3n) is 7.63. The molecule has 4 heterocycles. The van der Waals surface area contributed by atoms with Gasteiger partial charge in [0.15, 0.2) is 11.5 Å². The molecule has 3 atom stereocenters. The number of benzene rings is 1. The fraction of sp³-hybridized carbons (Fsp3) is 0.519. The second-order valence-electron chi connectivity index (χ2n) is 9.82. The molecule has 1 N–H and O–H groups in total. The Bertz CT molecular complexity index is 1090. The maximum atomic E-state index is 15.0. The van der Waals surface area contributed by atoms with E-state index in [-0.39, 0.29) is 5.82 Å². The van der Waals surface area contributed by atoms with Crippen molar-refractivity contribution in [2.24, 2.45) is 0 Å². The van der Waals surface area contributed by atoms with Crippen molar-refractivity contribution in [3.05, 3.63) is 54.1 Å². The molecule has 176 valence electrons. The number of imidazole rings is 1. The molecule has 0 aliphatic carbocycles. The molecule has 2 aromatic heterocycles. The molecule has 2 fully saturated rings. The molecule has 3 unspecified atom stereocenters. The number of hydrogen-bond acceptors (Lipinski definition) is 4. The van der Waals surface area contributed by atoms with Crippen LogP contribution in [0.4, 0.5) is 4.39 Å². The van der Waals surface area contributed by atoms with Gasteiger partial charge in [0.1, 0.15) is 0 Å². The van der Waals surface area contributed by atoms with Gasteiger partial charge in [0, 0.05) is 41.0 Å². The van der Waals surface area contributed by atoms with Crippen LogP contribution in [0.25, 0.3) is 16.9 Å². The van der Waals surface area contributed by atoms with Crippen LogP contribution in [0.15, 0.2) is 47.6 Å². The highest BCUT2D eigenvalue weighted by atomic mass is 32.2. The minimum atomic E-state index is -0.222. The zero-order chi connectivity index (χ0) is 22.9. The SMILES string of the molecule is CCC1CC(N2CCC(c3cc(F)c4nc(-c5ccc(SC)cc5)cn4c3)CC2)CC(C)N1. The fourth-order valence-corrected chi connectivity index (χ4v) is 6.16. The highest BCUT2D eigenvalue weighted by Crippen LogP contribution is 2.33. The molecule has 2 saturated heterocycles. The van der Waals surface area contributed by atoms with E-state index in [1.54, 1.807) is 17.8 Å². The van der Waals surface area contributed by atoms with Gasteiger partial charge in [-0.2, -0.15) is 0 Å². The predicted octanol–water partition coefficient (Wildman–Crippen LogP) is 5.96. The van der Waals surface area contributed by atoms with Crippen molar-refractivity contribution in [2.45, 2.75) is 74.9 Å². The Kier molecular flexibility index (Phi) is 6.77. The summed E-state index contributed by atoms with van der Waals surface area (Å²) in [6, 6.07) is 11.9. The number of piperidine rings is 2. The number of nitrogens with zero attached hydrogens (tertiary/aromatic N) is 3. The lowest BCUT2D eigenvalue weighted by molar-refractivity contribution is 0.0983. The quantitative estimate of drug-likeness (QED) is 0.470. The Hall–Kier alpha value is -1.89. The topological polar surface area (TPSA) is 32.6 Å². The highest BCUT2D eigenvalue weighted by Gasteiger charge is 2.32. The summed E-state index contributed by atoms with van der Waals surface area (Å²) in [5.74, 6) is 0.188. The van der Waals surface area contributed by atoms with Gasteiger partial charge < -0.3 is 14.6 Å². The average Bonchev–Trinajstić information content (AvgIpc) is 3.29. The monoisotopic (exact) mass is 466 g/mol. The van der Waals surface area contributed by atoms with Crippen LogP contribution in [0.5, 0.6) is 0 Å². The van der Waals surface area contributed by atoms with Gasteiger partial charge in [-0.1, -0.05) is 19.1 Å². The van der Waals surface area contributed by atoms with E-state index in [0.717, 1.165) is 42.8 Å². The standard InChI is InChI=1S/C27H35FN4S/c1-4-22-15-23(13-18(2)29-22)31-11-9-19(10-12-31)21-14-25(28)27-30-26(17-32(27)16-21)20-5-7-24(33-3)8-6-20/h5-8,14,16-19,22-23,29H,4,9-13,15H2,1-3H3. The molecule has 0 amide bonds. The van der Waals surface area contributed by atoms with Crippen molar-refractivity contribution in [2.75, 3.05) is 19.3 Å². The summed E-state index contributed by atoms with van der Waals surface area (Å²) in [7, 11) is 0. The molecular formula is C27H35FN4S. The Morgan fingerprint density at radius 1 is 1.12 bits per heavy atom. The Morgan fingerprint density at radius 2 is 1.88 bits per heavy atom. The second kappa shape index (κ2) is 9.77.